The third-order valence-corrected chi connectivity index (χ3v) is 4.74. The molecule has 2 aliphatic carbocycles. The highest BCUT2D eigenvalue weighted by Gasteiger charge is 2.39. The maximum atomic E-state index is 9.75. The van der Waals surface area contributed by atoms with Gasteiger partial charge < -0.3 is 15.7 Å². The van der Waals surface area contributed by atoms with Gasteiger partial charge in [-0.05, 0) is 37.5 Å². The van der Waals surface area contributed by atoms with E-state index in [-0.39, 0.29) is 6.10 Å². The molecule has 2 saturated carbocycles. The molecule has 0 spiro atoms. The second-order valence-corrected chi connectivity index (χ2v) is 5.93. The lowest BCUT2D eigenvalue weighted by Gasteiger charge is -2.23. The zero-order chi connectivity index (χ0) is 11.0. The van der Waals surface area contributed by atoms with Crippen LogP contribution < -0.4 is 10.6 Å². The first-order valence-corrected chi connectivity index (χ1v) is 6.97. The first-order valence-electron chi connectivity index (χ1n) is 6.97. The summed E-state index contributed by atoms with van der Waals surface area (Å²) >= 11 is 0. The van der Waals surface area contributed by atoms with E-state index < -0.39 is 0 Å². The molecule has 92 valence electrons. The van der Waals surface area contributed by atoms with Gasteiger partial charge in [0.25, 0.3) is 0 Å². The van der Waals surface area contributed by atoms with E-state index in [2.05, 4.69) is 10.6 Å². The van der Waals surface area contributed by atoms with Crippen LogP contribution in [-0.2, 0) is 0 Å². The van der Waals surface area contributed by atoms with Crippen molar-refractivity contribution in [1.29, 1.82) is 0 Å². The minimum Gasteiger partial charge on any atom is -0.391 e. The summed E-state index contributed by atoms with van der Waals surface area (Å²) in [5, 5.41) is 16.7. The van der Waals surface area contributed by atoms with Crippen molar-refractivity contribution in [2.24, 2.45) is 17.8 Å². The van der Waals surface area contributed by atoms with Gasteiger partial charge in [0, 0.05) is 31.6 Å². The van der Waals surface area contributed by atoms with Crippen molar-refractivity contribution in [1.82, 2.24) is 10.6 Å². The van der Waals surface area contributed by atoms with Crippen LogP contribution in [0, 0.1) is 17.8 Å². The summed E-state index contributed by atoms with van der Waals surface area (Å²) in [4.78, 5) is 0. The number of β-amino-alcohol motifs (C(OH)–C–C–N with tert-alkyl or cyclic N) is 1. The van der Waals surface area contributed by atoms with Crippen LogP contribution in [0.15, 0.2) is 0 Å². The Morgan fingerprint density at radius 3 is 2.69 bits per heavy atom. The van der Waals surface area contributed by atoms with Crippen LogP contribution in [0.4, 0.5) is 0 Å². The van der Waals surface area contributed by atoms with E-state index in [1.54, 1.807) is 0 Å². The Morgan fingerprint density at radius 1 is 1.12 bits per heavy atom. The maximum Gasteiger partial charge on any atom is 0.0716 e. The van der Waals surface area contributed by atoms with Gasteiger partial charge in [-0.1, -0.05) is 6.42 Å². The van der Waals surface area contributed by atoms with Crippen LogP contribution in [0.1, 0.15) is 32.1 Å². The molecular formula is C13H24N2O. The molecule has 16 heavy (non-hydrogen) atoms. The molecule has 1 heterocycles. The molecule has 3 fully saturated rings. The Morgan fingerprint density at radius 2 is 2.00 bits per heavy atom. The summed E-state index contributed by atoms with van der Waals surface area (Å²) in [7, 11) is 0. The van der Waals surface area contributed by atoms with E-state index in [0.29, 0.717) is 5.92 Å². The van der Waals surface area contributed by atoms with Crippen LogP contribution >= 0.6 is 0 Å². The molecule has 0 aromatic rings. The number of rotatable bonds is 4. The fourth-order valence-electron chi connectivity index (χ4n) is 3.56. The number of hydrogen-bond acceptors (Lipinski definition) is 3. The Balaban J connectivity index is 1.46. The Hall–Kier alpha value is -0.120. The molecule has 3 rings (SSSR count). The summed E-state index contributed by atoms with van der Waals surface area (Å²) in [6.07, 6.45) is 7.01. The van der Waals surface area contributed by atoms with E-state index in [9.17, 15) is 5.11 Å². The zero-order valence-electron chi connectivity index (χ0n) is 9.99. The Labute approximate surface area is 98.0 Å². The van der Waals surface area contributed by atoms with E-state index in [4.69, 9.17) is 0 Å². The second kappa shape index (κ2) is 4.63. The summed E-state index contributed by atoms with van der Waals surface area (Å²) in [5.41, 5.74) is 0. The molecule has 4 unspecified atom stereocenters. The van der Waals surface area contributed by atoms with Crippen molar-refractivity contribution in [3.63, 3.8) is 0 Å². The number of aliphatic hydroxyl groups excluding tert-OH is 1. The fraction of sp³-hybridized carbons (Fsp3) is 1.00. The summed E-state index contributed by atoms with van der Waals surface area (Å²) in [5.74, 6) is 2.42. The minimum atomic E-state index is -0.131. The van der Waals surface area contributed by atoms with Crippen molar-refractivity contribution >= 4 is 0 Å². The molecule has 1 aliphatic heterocycles. The van der Waals surface area contributed by atoms with Gasteiger partial charge in [-0.15, -0.1) is 0 Å². The van der Waals surface area contributed by atoms with Gasteiger partial charge in [0.05, 0.1) is 6.10 Å². The van der Waals surface area contributed by atoms with Gasteiger partial charge in [0.1, 0.15) is 0 Å². The van der Waals surface area contributed by atoms with Crippen LogP contribution in [0.25, 0.3) is 0 Å². The summed E-state index contributed by atoms with van der Waals surface area (Å²) in [6, 6.07) is 0.750. The highest BCUT2D eigenvalue weighted by molar-refractivity contribution is 4.94. The molecule has 4 atom stereocenters. The molecule has 0 bridgehead atoms. The zero-order valence-corrected chi connectivity index (χ0v) is 9.99. The Kier molecular flexibility index (Phi) is 3.18. The van der Waals surface area contributed by atoms with Crippen molar-refractivity contribution < 1.29 is 5.11 Å². The van der Waals surface area contributed by atoms with Crippen LogP contribution in [-0.4, -0.2) is 36.9 Å². The van der Waals surface area contributed by atoms with Gasteiger partial charge in [0.2, 0.25) is 0 Å². The van der Waals surface area contributed by atoms with Crippen molar-refractivity contribution in [2.45, 2.75) is 44.2 Å². The topological polar surface area (TPSA) is 44.3 Å². The Bertz CT molecular complexity index is 242. The predicted octanol–water partition coefficient (Wildman–Crippen LogP) is 0.735. The minimum absolute atomic E-state index is 0.131. The molecule has 0 aromatic carbocycles. The summed E-state index contributed by atoms with van der Waals surface area (Å²) in [6.45, 7) is 2.76. The van der Waals surface area contributed by atoms with Crippen LogP contribution in [0.3, 0.4) is 0 Å². The largest absolute Gasteiger partial charge is 0.391 e. The molecule has 0 radical (unpaired) electrons. The van der Waals surface area contributed by atoms with E-state index in [0.717, 1.165) is 37.5 Å². The molecule has 0 amide bonds. The first-order chi connectivity index (χ1) is 7.84. The van der Waals surface area contributed by atoms with Crippen molar-refractivity contribution in [2.75, 3.05) is 19.6 Å². The van der Waals surface area contributed by atoms with E-state index in [1.807, 2.05) is 0 Å². The van der Waals surface area contributed by atoms with Crippen molar-refractivity contribution in [3.8, 4) is 0 Å². The van der Waals surface area contributed by atoms with E-state index in [1.165, 1.54) is 32.1 Å². The lowest BCUT2D eigenvalue weighted by molar-refractivity contribution is 0.142. The number of hydrogen-bond donors (Lipinski definition) is 3. The van der Waals surface area contributed by atoms with Crippen molar-refractivity contribution in [3.05, 3.63) is 0 Å². The van der Waals surface area contributed by atoms with Crippen LogP contribution in [0.2, 0.25) is 0 Å². The number of nitrogens with one attached hydrogen (secondary N) is 2. The van der Waals surface area contributed by atoms with Gasteiger partial charge in [0.15, 0.2) is 0 Å². The predicted molar refractivity (Wildman–Crippen MR) is 64.2 cm³/mol. The average molecular weight is 224 g/mol. The lowest BCUT2D eigenvalue weighted by Crippen LogP contribution is -2.39. The summed E-state index contributed by atoms with van der Waals surface area (Å²) < 4.78 is 0. The third kappa shape index (κ3) is 2.27. The van der Waals surface area contributed by atoms with E-state index >= 15 is 0 Å². The van der Waals surface area contributed by atoms with Gasteiger partial charge >= 0.3 is 0 Å². The molecule has 1 saturated heterocycles. The quantitative estimate of drug-likeness (QED) is 0.660. The highest BCUT2D eigenvalue weighted by atomic mass is 16.3. The molecule has 3 heteroatoms. The van der Waals surface area contributed by atoms with Crippen LogP contribution in [0.5, 0.6) is 0 Å². The lowest BCUT2D eigenvalue weighted by atomic mass is 9.97. The molecular weight excluding hydrogens is 200 g/mol. The van der Waals surface area contributed by atoms with Gasteiger partial charge in [-0.2, -0.15) is 0 Å². The standard InChI is InChI=1S/C13H24N2O/c16-13-8-14-6-10(13)7-15-12-3-1-2-11(12)9-4-5-9/h9-16H,1-8H2. The normalized spacial score (nSPS) is 44.1. The molecule has 0 aromatic heterocycles. The molecule has 3 aliphatic rings. The van der Waals surface area contributed by atoms with Gasteiger partial charge in [-0.3, -0.25) is 0 Å². The highest BCUT2D eigenvalue weighted by Crippen LogP contribution is 2.45. The van der Waals surface area contributed by atoms with Gasteiger partial charge in [-0.25, -0.2) is 0 Å². The SMILES string of the molecule is OC1CNCC1CNC1CCCC1C1CC1. The third-order valence-electron chi connectivity index (χ3n) is 4.74. The maximum absolute atomic E-state index is 9.75. The molecule has 3 N–H and O–H groups in total. The first kappa shape index (κ1) is 11.0. The fourth-order valence-corrected chi connectivity index (χ4v) is 3.56. The monoisotopic (exact) mass is 224 g/mol. The smallest absolute Gasteiger partial charge is 0.0716 e. The number of aliphatic hydroxyl groups is 1. The average Bonchev–Trinajstić information content (AvgIpc) is 2.88. The second-order valence-electron chi connectivity index (χ2n) is 5.93. The molecule has 3 nitrogen and oxygen atoms in total.